The van der Waals surface area contributed by atoms with Crippen molar-refractivity contribution in [2.24, 2.45) is 11.3 Å². The van der Waals surface area contributed by atoms with E-state index in [9.17, 15) is 9.59 Å². The predicted molar refractivity (Wildman–Crippen MR) is 117 cm³/mol. The molecule has 5 nitrogen and oxygen atoms in total. The molecule has 0 N–H and O–H groups in total. The van der Waals surface area contributed by atoms with Crippen molar-refractivity contribution in [1.29, 1.82) is 0 Å². The quantitative estimate of drug-likeness (QED) is 0.699. The van der Waals surface area contributed by atoms with E-state index in [1.165, 1.54) is 0 Å². The normalized spacial score (nSPS) is 19.4. The molecule has 2 aromatic rings. The molecule has 1 amide bonds. The molecule has 1 atom stereocenters. The number of esters is 1. The van der Waals surface area contributed by atoms with E-state index in [1.54, 1.807) is 0 Å². The van der Waals surface area contributed by atoms with Crippen molar-refractivity contribution in [3.63, 3.8) is 0 Å². The van der Waals surface area contributed by atoms with Crippen LogP contribution in [-0.4, -0.2) is 41.5 Å². The summed E-state index contributed by atoms with van der Waals surface area (Å²) in [5.74, 6) is -0.0119. The number of para-hydroxylation sites is 1. The van der Waals surface area contributed by atoms with Crippen LogP contribution in [0.3, 0.4) is 0 Å². The number of carbonyl (C=O) groups is 2. The molecule has 1 saturated heterocycles. The molecule has 1 aromatic carbocycles. The fourth-order valence-corrected chi connectivity index (χ4v) is 4.79. The third-order valence-electron chi connectivity index (χ3n) is 6.72. The van der Waals surface area contributed by atoms with Gasteiger partial charge in [0.05, 0.1) is 11.1 Å². The van der Waals surface area contributed by atoms with Crippen LogP contribution >= 0.6 is 0 Å². The zero-order valence-electron chi connectivity index (χ0n) is 18.4. The Labute approximate surface area is 178 Å². The number of pyridine rings is 1. The zero-order chi connectivity index (χ0) is 21.3. The molecule has 4 rings (SSSR count). The minimum Gasteiger partial charge on any atom is -0.452 e. The first-order valence-electron chi connectivity index (χ1n) is 11.2. The Hall–Kier alpha value is -2.43. The van der Waals surface area contributed by atoms with Gasteiger partial charge in [-0.15, -0.1) is 0 Å². The highest BCUT2D eigenvalue weighted by Crippen LogP contribution is 2.39. The number of hydrogen-bond acceptors (Lipinski definition) is 4. The van der Waals surface area contributed by atoms with E-state index in [0.29, 0.717) is 11.5 Å². The van der Waals surface area contributed by atoms with Gasteiger partial charge in [-0.25, -0.2) is 4.79 Å². The number of rotatable bonds is 3. The van der Waals surface area contributed by atoms with Crippen molar-refractivity contribution >= 4 is 22.8 Å². The van der Waals surface area contributed by atoms with Crippen LogP contribution in [0.2, 0.25) is 0 Å². The Morgan fingerprint density at radius 2 is 1.87 bits per heavy atom. The van der Waals surface area contributed by atoms with Gasteiger partial charge in [0.15, 0.2) is 6.61 Å². The molecule has 1 fully saturated rings. The maximum Gasteiger partial charge on any atom is 0.339 e. The SMILES string of the molecule is CC(C)(C)[C@H]1CCc2nc3ccccc3c(C(=O)OCC(=O)N3CCCCC3)c2C1. The van der Waals surface area contributed by atoms with Gasteiger partial charge in [-0.3, -0.25) is 9.78 Å². The topological polar surface area (TPSA) is 59.5 Å². The third-order valence-corrected chi connectivity index (χ3v) is 6.72. The number of nitrogens with zero attached hydrogens (tertiary/aromatic N) is 2. The summed E-state index contributed by atoms with van der Waals surface area (Å²) in [5.41, 5.74) is 3.60. The zero-order valence-corrected chi connectivity index (χ0v) is 18.4. The molecule has 1 aliphatic heterocycles. The molecule has 0 unspecified atom stereocenters. The van der Waals surface area contributed by atoms with E-state index in [0.717, 1.165) is 73.8 Å². The summed E-state index contributed by atoms with van der Waals surface area (Å²) in [6.45, 7) is 8.10. The summed E-state index contributed by atoms with van der Waals surface area (Å²) in [7, 11) is 0. The summed E-state index contributed by atoms with van der Waals surface area (Å²) in [5, 5.41) is 0.821. The first-order chi connectivity index (χ1) is 14.3. The van der Waals surface area contributed by atoms with Gasteiger partial charge in [0, 0.05) is 24.2 Å². The molecule has 0 radical (unpaired) electrons. The Bertz CT molecular complexity index is 955. The van der Waals surface area contributed by atoms with E-state index in [2.05, 4.69) is 20.8 Å². The minimum absolute atomic E-state index is 0.0946. The lowest BCUT2D eigenvalue weighted by Gasteiger charge is -2.35. The smallest absolute Gasteiger partial charge is 0.339 e. The summed E-state index contributed by atoms with van der Waals surface area (Å²) < 4.78 is 5.58. The molecule has 1 aliphatic carbocycles. The van der Waals surface area contributed by atoms with Crippen molar-refractivity contribution in [2.75, 3.05) is 19.7 Å². The van der Waals surface area contributed by atoms with Crippen LogP contribution < -0.4 is 0 Å². The Kier molecular flexibility index (Phi) is 5.81. The summed E-state index contributed by atoms with van der Waals surface area (Å²) >= 11 is 0. The average molecular weight is 409 g/mol. The second-order valence-electron chi connectivity index (χ2n) is 9.75. The number of amides is 1. The summed E-state index contributed by atoms with van der Waals surface area (Å²) in [4.78, 5) is 32.4. The van der Waals surface area contributed by atoms with Crippen molar-refractivity contribution in [2.45, 2.75) is 59.3 Å². The van der Waals surface area contributed by atoms with E-state index in [-0.39, 0.29) is 17.9 Å². The van der Waals surface area contributed by atoms with Crippen LogP contribution in [0, 0.1) is 11.3 Å². The molecule has 0 spiro atoms. The molecule has 2 aliphatic rings. The minimum atomic E-state index is -0.398. The van der Waals surface area contributed by atoms with Gasteiger partial charge in [-0.2, -0.15) is 0 Å². The van der Waals surface area contributed by atoms with Gasteiger partial charge in [0.25, 0.3) is 5.91 Å². The lowest BCUT2D eigenvalue weighted by atomic mass is 9.70. The summed E-state index contributed by atoms with van der Waals surface area (Å²) in [6.07, 6.45) is 5.97. The third kappa shape index (κ3) is 4.21. The second-order valence-corrected chi connectivity index (χ2v) is 9.75. The van der Waals surface area contributed by atoms with Gasteiger partial charge < -0.3 is 9.64 Å². The standard InChI is InChI=1S/C25H32N2O3/c1-25(2,3)17-11-12-21-19(15-17)23(18-9-5-6-10-20(18)26-21)24(29)30-16-22(28)27-13-7-4-8-14-27/h5-6,9-10,17H,4,7-8,11-16H2,1-3H3/t17-/m0/s1. The maximum atomic E-state index is 13.3. The predicted octanol–water partition coefficient (Wildman–Crippen LogP) is 4.56. The molecule has 2 heterocycles. The van der Waals surface area contributed by atoms with Crippen molar-refractivity contribution in [3.05, 3.63) is 41.1 Å². The highest BCUT2D eigenvalue weighted by Gasteiger charge is 2.33. The first-order valence-corrected chi connectivity index (χ1v) is 11.2. The molecular weight excluding hydrogens is 376 g/mol. The summed E-state index contributed by atoms with van der Waals surface area (Å²) in [6, 6.07) is 7.75. The van der Waals surface area contributed by atoms with Gasteiger partial charge >= 0.3 is 5.97 Å². The molecule has 1 aromatic heterocycles. The highest BCUT2D eigenvalue weighted by molar-refractivity contribution is 6.05. The second kappa shape index (κ2) is 8.37. The Balaban J connectivity index is 1.63. The fourth-order valence-electron chi connectivity index (χ4n) is 4.79. The first kappa shape index (κ1) is 20.8. The van der Waals surface area contributed by atoms with Crippen molar-refractivity contribution < 1.29 is 14.3 Å². The number of piperidine rings is 1. The number of likely N-dealkylation sites (tertiary alicyclic amines) is 1. The molecule has 0 bridgehead atoms. The Morgan fingerprint density at radius 3 is 2.60 bits per heavy atom. The van der Waals surface area contributed by atoms with Crippen LogP contribution in [-0.2, 0) is 22.4 Å². The van der Waals surface area contributed by atoms with Gasteiger partial charge in [-0.05, 0) is 61.5 Å². The monoisotopic (exact) mass is 408 g/mol. The molecule has 30 heavy (non-hydrogen) atoms. The molecule has 0 saturated carbocycles. The average Bonchev–Trinajstić information content (AvgIpc) is 2.75. The lowest BCUT2D eigenvalue weighted by molar-refractivity contribution is -0.135. The van der Waals surface area contributed by atoms with Crippen LogP contribution in [0.4, 0.5) is 0 Å². The van der Waals surface area contributed by atoms with Crippen molar-refractivity contribution in [1.82, 2.24) is 9.88 Å². The number of fused-ring (bicyclic) bond motifs is 2. The Morgan fingerprint density at radius 1 is 1.13 bits per heavy atom. The fraction of sp³-hybridized carbons (Fsp3) is 0.560. The van der Waals surface area contributed by atoms with Crippen LogP contribution in [0.1, 0.15) is 68.1 Å². The van der Waals surface area contributed by atoms with Gasteiger partial charge in [-0.1, -0.05) is 39.0 Å². The van der Waals surface area contributed by atoms with E-state index < -0.39 is 5.97 Å². The number of ether oxygens (including phenoxy) is 1. The lowest BCUT2D eigenvalue weighted by Crippen LogP contribution is -2.38. The van der Waals surface area contributed by atoms with Crippen LogP contribution in [0.25, 0.3) is 10.9 Å². The highest BCUT2D eigenvalue weighted by atomic mass is 16.5. The maximum absolute atomic E-state index is 13.3. The van der Waals surface area contributed by atoms with Gasteiger partial charge in [0.1, 0.15) is 0 Å². The largest absolute Gasteiger partial charge is 0.452 e. The van der Waals surface area contributed by atoms with Crippen LogP contribution in [0.15, 0.2) is 24.3 Å². The number of aryl methyl sites for hydroxylation is 1. The van der Waals surface area contributed by atoms with E-state index in [4.69, 9.17) is 9.72 Å². The number of aromatic nitrogens is 1. The number of hydrogen-bond donors (Lipinski definition) is 0. The number of carbonyl (C=O) groups excluding carboxylic acids is 2. The molecular formula is C25H32N2O3. The van der Waals surface area contributed by atoms with E-state index in [1.807, 2.05) is 29.2 Å². The van der Waals surface area contributed by atoms with Gasteiger partial charge in [0.2, 0.25) is 0 Å². The van der Waals surface area contributed by atoms with Crippen molar-refractivity contribution in [3.8, 4) is 0 Å². The molecule has 5 heteroatoms. The molecule has 160 valence electrons. The van der Waals surface area contributed by atoms with E-state index >= 15 is 0 Å². The number of benzene rings is 1. The van der Waals surface area contributed by atoms with Crippen LogP contribution in [0.5, 0.6) is 0 Å².